The van der Waals surface area contributed by atoms with Crippen molar-refractivity contribution in [1.82, 2.24) is 4.98 Å². The number of hydrogen-bond donors (Lipinski definition) is 1. The summed E-state index contributed by atoms with van der Waals surface area (Å²) < 4.78 is 0. The molecule has 1 unspecified atom stereocenters. The summed E-state index contributed by atoms with van der Waals surface area (Å²) in [5.74, 6) is 0.768. The van der Waals surface area contributed by atoms with Crippen LogP contribution in [-0.4, -0.2) is 4.98 Å². The molecule has 0 saturated carbocycles. The van der Waals surface area contributed by atoms with Crippen LogP contribution < -0.4 is 0 Å². The Balaban J connectivity index is 2.39. The van der Waals surface area contributed by atoms with Crippen molar-refractivity contribution < 1.29 is 0 Å². The normalized spacial score (nSPS) is 13.3. The van der Waals surface area contributed by atoms with Gasteiger partial charge in [0.25, 0.3) is 0 Å². The van der Waals surface area contributed by atoms with E-state index in [9.17, 15) is 0 Å². The molecule has 1 nitrogen and oxygen atoms in total. The fourth-order valence-electron chi connectivity index (χ4n) is 1.98. The third-order valence-corrected chi connectivity index (χ3v) is 3.19. The highest BCUT2D eigenvalue weighted by Gasteiger charge is 2.06. The van der Waals surface area contributed by atoms with E-state index in [-0.39, 0.29) is 0 Å². The van der Waals surface area contributed by atoms with Crippen LogP contribution in [0.15, 0.2) is 24.4 Å². The Labute approximate surface area is 91.5 Å². The van der Waals surface area contributed by atoms with Gasteiger partial charge in [-0.25, -0.2) is 0 Å². The van der Waals surface area contributed by atoms with Gasteiger partial charge in [0.1, 0.15) is 0 Å². The summed E-state index contributed by atoms with van der Waals surface area (Å²) in [6.45, 7) is 6.72. The quantitative estimate of drug-likeness (QED) is 0.770. The SMILES string of the molecule is CCC(C)Cc1c[nH]c2ccc(C)cc12. The van der Waals surface area contributed by atoms with Gasteiger partial charge in [0.2, 0.25) is 0 Å². The van der Waals surface area contributed by atoms with Gasteiger partial charge in [-0.15, -0.1) is 0 Å². The van der Waals surface area contributed by atoms with Crippen LogP contribution in [0.1, 0.15) is 31.4 Å². The lowest BCUT2D eigenvalue weighted by molar-refractivity contribution is 0.562. The zero-order valence-corrected chi connectivity index (χ0v) is 9.80. The Morgan fingerprint density at radius 3 is 2.87 bits per heavy atom. The van der Waals surface area contributed by atoms with Crippen molar-refractivity contribution in [2.24, 2.45) is 5.92 Å². The van der Waals surface area contributed by atoms with Gasteiger partial charge in [0.05, 0.1) is 0 Å². The van der Waals surface area contributed by atoms with Gasteiger partial charge in [-0.2, -0.15) is 0 Å². The van der Waals surface area contributed by atoms with E-state index in [4.69, 9.17) is 0 Å². The van der Waals surface area contributed by atoms with Gasteiger partial charge in [0.15, 0.2) is 0 Å². The Morgan fingerprint density at radius 2 is 2.13 bits per heavy atom. The molecule has 1 aromatic carbocycles. The van der Waals surface area contributed by atoms with Gasteiger partial charge in [-0.1, -0.05) is 31.9 Å². The fourth-order valence-corrected chi connectivity index (χ4v) is 1.98. The van der Waals surface area contributed by atoms with E-state index in [0.29, 0.717) is 0 Å². The van der Waals surface area contributed by atoms with Crippen molar-refractivity contribution in [2.75, 3.05) is 0 Å². The van der Waals surface area contributed by atoms with Gasteiger partial charge in [0, 0.05) is 17.1 Å². The van der Waals surface area contributed by atoms with Crippen LogP contribution in [-0.2, 0) is 6.42 Å². The van der Waals surface area contributed by atoms with E-state index in [1.54, 1.807) is 0 Å². The smallest absolute Gasteiger partial charge is 0.0456 e. The fraction of sp³-hybridized carbons (Fsp3) is 0.429. The van der Waals surface area contributed by atoms with Crippen LogP contribution in [0, 0.1) is 12.8 Å². The highest BCUT2D eigenvalue weighted by molar-refractivity contribution is 5.83. The van der Waals surface area contributed by atoms with Crippen LogP contribution >= 0.6 is 0 Å². The molecule has 1 heterocycles. The van der Waals surface area contributed by atoms with Crippen molar-refractivity contribution in [3.05, 3.63) is 35.5 Å². The minimum Gasteiger partial charge on any atom is -0.361 e. The van der Waals surface area contributed by atoms with E-state index in [1.165, 1.54) is 34.9 Å². The number of hydrogen-bond acceptors (Lipinski definition) is 0. The summed E-state index contributed by atoms with van der Waals surface area (Å²) >= 11 is 0. The lowest BCUT2D eigenvalue weighted by Gasteiger charge is -2.06. The molecule has 0 aliphatic heterocycles. The van der Waals surface area contributed by atoms with Crippen molar-refractivity contribution in [1.29, 1.82) is 0 Å². The highest BCUT2D eigenvalue weighted by atomic mass is 14.7. The number of aryl methyl sites for hydroxylation is 1. The van der Waals surface area contributed by atoms with Crippen LogP contribution in [0.5, 0.6) is 0 Å². The molecule has 0 bridgehead atoms. The second kappa shape index (κ2) is 4.09. The molecular formula is C14H19N. The monoisotopic (exact) mass is 201 g/mol. The maximum absolute atomic E-state index is 3.34. The molecule has 80 valence electrons. The topological polar surface area (TPSA) is 15.8 Å². The first-order valence-corrected chi connectivity index (χ1v) is 5.77. The number of aromatic nitrogens is 1. The lowest BCUT2D eigenvalue weighted by atomic mass is 9.98. The number of rotatable bonds is 3. The molecule has 1 N–H and O–H groups in total. The highest BCUT2D eigenvalue weighted by Crippen LogP contribution is 2.22. The first-order valence-electron chi connectivity index (χ1n) is 5.77. The summed E-state index contributed by atoms with van der Waals surface area (Å²) in [5, 5.41) is 1.40. The van der Waals surface area contributed by atoms with E-state index in [0.717, 1.165) is 5.92 Å². The third-order valence-electron chi connectivity index (χ3n) is 3.19. The molecule has 15 heavy (non-hydrogen) atoms. The van der Waals surface area contributed by atoms with Gasteiger partial charge in [-0.3, -0.25) is 0 Å². The molecule has 0 aliphatic carbocycles. The number of nitrogens with one attached hydrogen (secondary N) is 1. The molecule has 1 heteroatoms. The predicted octanol–water partition coefficient (Wildman–Crippen LogP) is 4.06. The predicted molar refractivity (Wildman–Crippen MR) is 66.2 cm³/mol. The van der Waals surface area contributed by atoms with Crippen molar-refractivity contribution >= 4 is 10.9 Å². The van der Waals surface area contributed by atoms with Crippen molar-refractivity contribution in [3.8, 4) is 0 Å². The second-order valence-electron chi connectivity index (χ2n) is 4.58. The van der Waals surface area contributed by atoms with Crippen molar-refractivity contribution in [2.45, 2.75) is 33.6 Å². The Bertz CT molecular complexity index is 453. The summed E-state index contributed by atoms with van der Waals surface area (Å²) in [6, 6.07) is 6.61. The first kappa shape index (κ1) is 10.3. The molecule has 0 radical (unpaired) electrons. The average molecular weight is 201 g/mol. The van der Waals surface area contributed by atoms with E-state index in [2.05, 4.69) is 50.2 Å². The maximum Gasteiger partial charge on any atom is 0.0456 e. The number of aromatic amines is 1. The van der Waals surface area contributed by atoms with Crippen LogP contribution in [0.3, 0.4) is 0 Å². The van der Waals surface area contributed by atoms with E-state index in [1.807, 2.05) is 0 Å². The van der Waals surface area contributed by atoms with Gasteiger partial charge >= 0.3 is 0 Å². The standard InChI is InChI=1S/C14H19N/c1-4-10(2)7-12-9-15-14-6-5-11(3)8-13(12)14/h5-6,8-10,15H,4,7H2,1-3H3. The van der Waals surface area contributed by atoms with Gasteiger partial charge in [-0.05, 0) is 37.0 Å². The molecule has 0 aliphatic rings. The second-order valence-corrected chi connectivity index (χ2v) is 4.58. The van der Waals surface area contributed by atoms with Crippen LogP contribution in [0.25, 0.3) is 10.9 Å². The minimum atomic E-state index is 0.768. The van der Waals surface area contributed by atoms with Crippen LogP contribution in [0.4, 0.5) is 0 Å². The van der Waals surface area contributed by atoms with E-state index < -0.39 is 0 Å². The molecule has 0 saturated heterocycles. The summed E-state index contributed by atoms with van der Waals surface area (Å²) in [6.07, 6.45) is 4.59. The van der Waals surface area contributed by atoms with Gasteiger partial charge < -0.3 is 4.98 Å². The first-order chi connectivity index (χ1) is 7.20. The number of fused-ring (bicyclic) bond motifs is 1. The molecule has 0 spiro atoms. The zero-order valence-electron chi connectivity index (χ0n) is 9.80. The zero-order chi connectivity index (χ0) is 10.8. The summed E-state index contributed by atoms with van der Waals surface area (Å²) in [7, 11) is 0. The Morgan fingerprint density at radius 1 is 1.33 bits per heavy atom. The summed E-state index contributed by atoms with van der Waals surface area (Å²) in [4.78, 5) is 3.34. The average Bonchev–Trinajstić information content (AvgIpc) is 2.61. The summed E-state index contributed by atoms with van der Waals surface area (Å²) in [5.41, 5.74) is 4.06. The minimum absolute atomic E-state index is 0.768. The van der Waals surface area contributed by atoms with Crippen molar-refractivity contribution in [3.63, 3.8) is 0 Å². The van der Waals surface area contributed by atoms with Crippen LogP contribution in [0.2, 0.25) is 0 Å². The number of benzene rings is 1. The molecular weight excluding hydrogens is 182 g/mol. The Hall–Kier alpha value is -1.24. The third kappa shape index (κ3) is 2.06. The molecule has 2 rings (SSSR count). The largest absolute Gasteiger partial charge is 0.361 e. The lowest BCUT2D eigenvalue weighted by Crippen LogP contribution is -1.96. The number of H-pyrrole nitrogens is 1. The van der Waals surface area contributed by atoms with E-state index >= 15 is 0 Å². The molecule has 0 fully saturated rings. The molecule has 2 aromatic rings. The molecule has 0 amide bonds. The Kier molecular flexibility index (Phi) is 2.81. The molecule has 1 aromatic heterocycles. The maximum atomic E-state index is 3.34. The molecule has 1 atom stereocenters.